The summed E-state index contributed by atoms with van der Waals surface area (Å²) in [7, 11) is 1.56. The summed E-state index contributed by atoms with van der Waals surface area (Å²) in [6, 6.07) is 17.7. The number of fused-ring (bicyclic) bond motifs is 1. The molecule has 2 N–H and O–H groups in total. The van der Waals surface area contributed by atoms with Crippen LogP contribution in [0.25, 0.3) is 11.1 Å². The van der Waals surface area contributed by atoms with Gasteiger partial charge in [-0.05, 0) is 49.1 Å². The van der Waals surface area contributed by atoms with E-state index in [1.807, 2.05) is 12.1 Å². The van der Waals surface area contributed by atoms with E-state index in [-0.39, 0.29) is 11.6 Å². The highest BCUT2D eigenvalue weighted by Crippen LogP contribution is 2.29. The molecule has 2 aromatic heterocycles. The first-order valence-electron chi connectivity index (χ1n) is 11.5. The minimum Gasteiger partial charge on any atom is -0.457 e. The fourth-order valence-electron chi connectivity index (χ4n) is 4.18. The molecule has 1 amide bonds. The number of para-hydroxylation sites is 1. The number of carbonyl (C=O) groups excluding carboxylic acids is 1. The molecule has 0 unspecified atom stereocenters. The van der Waals surface area contributed by atoms with E-state index in [4.69, 9.17) is 9.15 Å². The number of anilines is 2. The molecule has 1 aliphatic heterocycles. The molecule has 3 heterocycles. The Balaban J connectivity index is 1.29. The van der Waals surface area contributed by atoms with Crippen LogP contribution >= 0.6 is 0 Å². The lowest BCUT2D eigenvalue weighted by Crippen LogP contribution is -2.30. The number of benzene rings is 2. The summed E-state index contributed by atoms with van der Waals surface area (Å²) in [6.07, 6.45) is 5.33. The SMILES string of the molecule is CNC(=O)c1cc(Oc2ccc3nc(NCc4ccccc4N4CCCCC4)oc3c2)ccn1. The molecule has 8 heteroatoms. The highest BCUT2D eigenvalue weighted by molar-refractivity contribution is 5.92. The fourth-order valence-corrected chi connectivity index (χ4v) is 4.18. The molecule has 0 radical (unpaired) electrons. The van der Waals surface area contributed by atoms with Gasteiger partial charge in [-0.1, -0.05) is 18.2 Å². The van der Waals surface area contributed by atoms with Crippen LogP contribution in [-0.4, -0.2) is 36.0 Å². The van der Waals surface area contributed by atoms with E-state index in [2.05, 4.69) is 49.8 Å². The smallest absolute Gasteiger partial charge is 0.295 e. The molecule has 34 heavy (non-hydrogen) atoms. The molecule has 5 rings (SSSR count). The minimum atomic E-state index is -0.270. The molecule has 2 aromatic carbocycles. The van der Waals surface area contributed by atoms with E-state index in [1.54, 1.807) is 25.2 Å². The Morgan fingerprint density at radius 3 is 2.74 bits per heavy atom. The summed E-state index contributed by atoms with van der Waals surface area (Å²) in [5, 5.41) is 5.88. The first kappa shape index (κ1) is 21.8. The Morgan fingerprint density at radius 1 is 1.06 bits per heavy atom. The van der Waals surface area contributed by atoms with E-state index < -0.39 is 0 Å². The zero-order valence-electron chi connectivity index (χ0n) is 19.1. The summed E-state index contributed by atoms with van der Waals surface area (Å²) >= 11 is 0. The van der Waals surface area contributed by atoms with E-state index in [1.165, 1.54) is 36.7 Å². The molecule has 0 aliphatic carbocycles. The Labute approximate surface area is 198 Å². The number of nitrogens with zero attached hydrogens (tertiary/aromatic N) is 3. The Kier molecular flexibility index (Phi) is 6.29. The van der Waals surface area contributed by atoms with Gasteiger partial charge in [0.2, 0.25) is 0 Å². The van der Waals surface area contributed by atoms with Crippen molar-refractivity contribution in [1.82, 2.24) is 15.3 Å². The van der Waals surface area contributed by atoms with Gasteiger partial charge < -0.3 is 24.7 Å². The maximum Gasteiger partial charge on any atom is 0.295 e. The van der Waals surface area contributed by atoms with Crippen molar-refractivity contribution < 1.29 is 13.9 Å². The fraction of sp³-hybridized carbons (Fsp3) is 0.269. The van der Waals surface area contributed by atoms with Gasteiger partial charge in [0.15, 0.2) is 5.58 Å². The van der Waals surface area contributed by atoms with Crippen LogP contribution in [0.4, 0.5) is 11.7 Å². The average molecular weight is 458 g/mol. The van der Waals surface area contributed by atoms with E-state index >= 15 is 0 Å². The Hall–Kier alpha value is -4.07. The number of nitrogens with one attached hydrogen (secondary N) is 2. The van der Waals surface area contributed by atoms with Crippen molar-refractivity contribution >= 4 is 28.7 Å². The summed E-state index contributed by atoms with van der Waals surface area (Å²) in [5.41, 5.74) is 4.14. The second-order valence-corrected chi connectivity index (χ2v) is 8.24. The summed E-state index contributed by atoms with van der Waals surface area (Å²) < 4.78 is 11.9. The van der Waals surface area contributed by atoms with Crippen LogP contribution in [0.15, 0.2) is 65.2 Å². The standard InChI is InChI=1S/C26H27N5O3/c1-27-25(32)22-15-20(11-12-28-22)33-19-9-10-21-24(16-19)34-26(30-21)29-17-18-7-3-4-8-23(18)31-13-5-2-6-14-31/h3-4,7-12,15-16H,2,5-6,13-14,17H2,1H3,(H,27,32)(H,29,30). The Morgan fingerprint density at radius 2 is 1.88 bits per heavy atom. The largest absolute Gasteiger partial charge is 0.457 e. The number of amides is 1. The van der Waals surface area contributed by atoms with Gasteiger partial charge in [-0.25, -0.2) is 0 Å². The molecule has 1 aliphatic rings. The molecule has 1 fully saturated rings. The molecular formula is C26H27N5O3. The normalized spacial score (nSPS) is 13.6. The third-order valence-corrected chi connectivity index (χ3v) is 5.91. The van der Waals surface area contributed by atoms with Crippen molar-refractivity contribution in [2.24, 2.45) is 0 Å². The third kappa shape index (κ3) is 4.80. The van der Waals surface area contributed by atoms with Gasteiger partial charge in [-0.3, -0.25) is 9.78 Å². The van der Waals surface area contributed by atoms with Gasteiger partial charge in [0.05, 0.1) is 0 Å². The van der Waals surface area contributed by atoms with Gasteiger partial charge >= 0.3 is 0 Å². The quantitative estimate of drug-likeness (QED) is 0.404. The van der Waals surface area contributed by atoms with Gasteiger partial charge in [-0.2, -0.15) is 4.98 Å². The van der Waals surface area contributed by atoms with Crippen LogP contribution in [0.2, 0.25) is 0 Å². The second kappa shape index (κ2) is 9.82. The predicted octanol–water partition coefficient (Wildman–Crippen LogP) is 4.98. The van der Waals surface area contributed by atoms with Crippen molar-refractivity contribution in [1.29, 1.82) is 0 Å². The number of oxazole rings is 1. The zero-order valence-corrected chi connectivity index (χ0v) is 19.1. The Bertz CT molecular complexity index is 1300. The molecule has 0 saturated carbocycles. The summed E-state index contributed by atoms with van der Waals surface area (Å²) in [5.74, 6) is 0.827. The van der Waals surface area contributed by atoms with E-state index in [9.17, 15) is 4.79 Å². The van der Waals surface area contributed by atoms with Crippen LogP contribution < -0.4 is 20.3 Å². The van der Waals surface area contributed by atoms with Gasteiger partial charge in [0.1, 0.15) is 22.7 Å². The molecule has 8 nitrogen and oxygen atoms in total. The van der Waals surface area contributed by atoms with E-state index in [0.717, 1.165) is 18.6 Å². The zero-order chi connectivity index (χ0) is 23.3. The monoisotopic (exact) mass is 457 g/mol. The third-order valence-electron chi connectivity index (χ3n) is 5.91. The number of piperidine rings is 1. The van der Waals surface area contributed by atoms with Crippen LogP contribution in [0.1, 0.15) is 35.3 Å². The topological polar surface area (TPSA) is 92.5 Å². The lowest BCUT2D eigenvalue weighted by molar-refractivity contribution is 0.0958. The number of ether oxygens (including phenoxy) is 1. The number of carbonyl (C=O) groups is 1. The maximum atomic E-state index is 11.8. The van der Waals surface area contributed by atoms with Crippen molar-refractivity contribution in [3.8, 4) is 11.5 Å². The number of rotatable bonds is 7. The number of pyridine rings is 1. The van der Waals surface area contributed by atoms with Crippen LogP contribution in [-0.2, 0) is 6.54 Å². The van der Waals surface area contributed by atoms with Crippen molar-refractivity contribution in [3.05, 3.63) is 72.1 Å². The highest BCUT2D eigenvalue weighted by atomic mass is 16.5. The number of aromatic nitrogens is 2. The lowest BCUT2D eigenvalue weighted by Gasteiger charge is -2.30. The number of hydrogen-bond donors (Lipinski definition) is 2. The molecule has 0 atom stereocenters. The van der Waals surface area contributed by atoms with Crippen LogP contribution in [0.5, 0.6) is 11.5 Å². The average Bonchev–Trinajstić information content (AvgIpc) is 3.30. The minimum absolute atomic E-state index is 0.270. The first-order valence-corrected chi connectivity index (χ1v) is 11.5. The molecule has 4 aromatic rings. The maximum absolute atomic E-state index is 11.8. The first-order chi connectivity index (χ1) is 16.7. The molecule has 174 valence electrons. The van der Waals surface area contributed by atoms with Crippen LogP contribution in [0.3, 0.4) is 0 Å². The molecular weight excluding hydrogens is 430 g/mol. The predicted molar refractivity (Wildman–Crippen MR) is 132 cm³/mol. The second-order valence-electron chi connectivity index (χ2n) is 8.24. The summed E-state index contributed by atoms with van der Waals surface area (Å²) in [6.45, 7) is 2.83. The highest BCUT2D eigenvalue weighted by Gasteiger charge is 2.15. The van der Waals surface area contributed by atoms with Gasteiger partial charge in [0.25, 0.3) is 11.9 Å². The molecule has 0 spiro atoms. The van der Waals surface area contributed by atoms with Crippen LogP contribution in [0, 0.1) is 0 Å². The molecule has 1 saturated heterocycles. The van der Waals surface area contributed by atoms with E-state index in [0.29, 0.717) is 29.6 Å². The van der Waals surface area contributed by atoms with Crippen molar-refractivity contribution in [2.45, 2.75) is 25.8 Å². The van der Waals surface area contributed by atoms with Crippen molar-refractivity contribution in [2.75, 3.05) is 30.4 Å². The number of hydrogen-bond acceptors (Lipinski definition) is 7. The lowest BCUT2D eigenvalue weighted by atomic mass is 10.1. The van der Waals surface area contributed by atoms with Gasteiger partial charge in [-0.15, -0.1) is 0 Å². The summed E-state index contributed by atoms with van der Waals surface area (Å²) in [4.78, 5) is 22.9. The molecule has 0 bridgehead atoms. The van der Waals surface area contributed by atoms with Gasteiger partial charge in [0, 0.05) is 50.7 Å². The van der Waals surface area contributed by atoms with Crippen molar-refractivity contribution in [3.63, 3.8) is 0 Å².